The van der Waals surface area contributed by atoms with Gasteiger partial charge in [0.15, 0.2) is 0 Å². The summed E-state index contributed by atoms with van der Waals surface area (Å²) in [6.45, 7) is 9.18. The topological polar surface area (TPSA) is 65.5 Å². The third kappa shape index (κ3) is 5.43. The molecule has 1 heterocycles. The van der Waals surface area contributed by atoms with Crippen molar-refractivity contribution in [1.29, 1.82) is 0 Å². The van der Waals surface area contributed by atoms with Crippen molar-refractivity contribution in [2.24, 2.45) is 0 Å². The second-order valence-corrected chi connectivity index (χ2v) is 8.00. The molecule has 0 radical (unpaired) electrons. The van der Waals surface area contributed by atoms with Gasteiger partial charge in [0.05, 0.1) is 24.0 Å². The minimum atomic E-state index is -2.81. The molecule has 0 saturated heterocycles. The summed E-state index contributed by atoms with van der Waals surface area (Å²) in [6.07, 6.45) is 1.59. The molecule has 112 valence electrons. The van der Waals surface area contributed by atoms with Crippen LogP contribution in [0, 0.1) is 0 Å². The Kier molecular flexibility index (Phi) is 5.49. The van der Waals surface area contributed by atoms with Gasteiger partial charge in [-0.15, -0.1) is 0 Å². The highest BCUT2D eigenvalue weighted by molar-refractivity contribution is 7.66. The standard InChI is InChI=1S/C14H22NO4P/c1-6-18-20(5,17)12-8-7-11(15-10-12)9-13(16)19-14(2,3)4/h7-8,10H,6,9H2,1-5H3. The molecule has 0 aliphatic carbocycles. The van der Waals surface area contributed by atoms with Gasteiger partial charge in [-0.2, -0.15) is 0 Å². The number of nitrogens with zero attached hydrogens (tertiary/aromatic N) is 1. The van der Waals surface area contributed by atoms with E-state index in [1.165, 1.54) is 6.20 Å². The molecule has 1 aromatic rings. The van der Waals surface area contributed by atoms with Crippen LogP contribution in [0.25, 0.3) is 0 Å². The molecule has 20 heavy (non-hydrogen) atoms. The number of pyridine rings is 1. The van der Waals surface area contributed by atoms with Gasteiger partial charge >= 0.3 is 5.97 Å². The Morgan fingerprint density at radius 2 is 2.00 bits per heavy atom. The van der Waals surface area contributed by atoms with Crippen LogP contribution in [-0.2, 0) is 25.0 Å². The first-order valence-corrected chi connectivity index (χ1v) is 8.60. The number of carbonyl (C=O) groups excluding carboxylic acids is 1. The van der Waals surface area contributed by atoms with Gasteiger partial charge < -0.3 is 9.26 Å². The summed E-state index contributed by atoms with van der Waals surface area (Å²) in [6, 6.07) is 3.36. The summed E-state index contributed by atoms with van der Waals surface area (Å²) in [4.78, 5) is 15.8. The summed E-state index contributed by atoms with van der Waals surface area (Å²) in [5.74, 6) is -0.331. The minimum absolute atomic E-state index is 0.0974. The maximum absolute atomic E-state index is 12.2. The van der Waals surface area contributed by atoms with E-state index in [0.29, 0.717) is 17.6 Å². The quantitative estimate of drug-likeness (QED) is 0.617. The monoisotopic (exact) mass is 299 g/mol. The summed E-state index contributed by atoms with van der Waals surface area (Å²) in [5.41, 5.74) is 0.0741. The SMILES string of the molecule is CCOP(C)(=O)c1ccc(CC(=O)OC(C)(C)C)nc1. The summed E-state index contributed by atoms with van der Waals surface area (Å²) in [5, 5.41) is 0.548. The van der Waals surface area contributed by atoms with Crippen molar-refractivity contribution in [3.8, 4) is 0 Å². The van der Waals surface area contributed by atoms with Crippen LogP contribution in [0.2, 0.25) is 0 Å². The van der Waals surface area contributed by atoms with Crippen molar-refractivity contribution in [2.45, 2.75) is 39.7 Å². The normalized spacial score (nSPS) is 14.7. The van der Waals surface area contributed by atoms with Crippen LogP contribution in [0.4, 0.5) is 0 Å². The minimum Gasteiger partial charge on any atom is -0.460 e. The van der Waals surface area contributed by atoms with Gasteiger partial charge in [0, 0.05) is 12.9 Å². The van der Waals surface area contributed by atoms with E-state index in [2.05, 4.69) is 4.98 Å². The number of esters is 1. The Hall–Kier alpha value is -1.19. The molecule has 0 aliphatic heterocycles. The van der Waals surface area contributed by atoms with Gasteiger partial charge in [0.2, 0.25) is 7.37 Å². The fraction of sp³-hybridized carbons (Fsp3) is 0.571. The highest BCUT2D eigenvalue weighted by Gasteiger charge is 2.20. The highest BCUT2D eigenvalue weighted by Crippen LogP contribution is 2.40. The lowest BCUT2D eigenvalue weighted by Gasteiger charge is -2.19. The summed E-state index contributed by atoms with van der Waals surface area (Å²) in [7, 11) is -2.81. The third-order valence-electron chi connectivity index (χ3n) is 2.40. The lowest BCUT2D eigenvalue weighted by molar-refractivity contribution is -0.153. The van der Waals surface area contributed by atoms with E-state index in [0.717, 1.165) is 0 Å². The number of aromatic nitrogens is 1. The fourth-order valence-corrected chi connectivity index (χ4v) is 2.86. The van der Waals surface area contributed by atoms with E-state index in [1.54, 1.807) is 25.7 Å². The van der Waals surface area contributed by atoms with Crippen LogP contribution in [0.5, 0.6) is 0 Å². The maximum Gasteiger partial charge on any atom is 0.312 e. The highest BCUT2D eigenvalue weighted by atomic mass is 31.2. The number of carbonyl (C=O) groups is 1. The van der Waals surface area contributed by atoms with E-state index in [1.807, 2.05) is 20.8 Å². The first kappa shape index (κ1) is 16.9. The van der Waals surface area contributed by atoms with Crippen LogP contribution < -0.4 is 5.30 Å². The molecule has 0 bridgehead atoms. The van der Waals surface area contributed by atoms with Gasteiger partial charge in [-0.25, -0.2) is 0 Å². The van der Waals surface area contributed by atoms with Crippen molar-refractivity contribution in [1.82, 2.24) is 4.98 Å². The Balaban J connectivity index is 2.73. The molecule has 0 spiro atoms. The Morgan fingerprint density at radius 3 is 2.45 bits per heavy atom. The second kappa shape index (κ2) is 6.51. The molecule has 1 unspecified atom stereocenters. The van der Waals surface area contributed by atoms with Crippen molar-refractivity contribution in [2.75, 3.05) is 13.3 Å². The molecule has 0 amide bonds. The fourth-order valence-electron chi connectivity index (χ4n) is 1.61. The van der Waals surface area contributed by atoms with Crippen molar-refractivity contribution in [3.05, 3.63) is 24.0 Å². The number of hydrogen-bond donors (Lipinski definition) is 0. The van der Waals surface area contributed by atoms with Crippen LogP contribution in [0.1, 0.15) is 33.4 Å². The average molecular weight is 299 g/mol. The molecule has 0 N–H and O–H groups in total. The third-order valence-corrected chi connectivity index (χ3v) is 4.35. The number of rotatable bonds is 5. The predicted molar refractivity (Wildman–Crippen MR) is 78.6 cm³/mol. The number of hydrogen-bond acceptors (Lipinski definition) is 5. The van der Waals surface area contributed by atoms with Crippen molar-refractivity contribution >= 4 is 18.6 Å². The summed E-state index contributed by atoms with van der Waals surface area (Å²) < 4.78 is 22.6. The number of ether oxygens (including phenoxy) is 1. The molecule has 0 saturated carbocycles. The largest absolute Gasteiger partial charge is 0.460 e. The second-order valence-electron chi connectivity index (χ2n) is 5.53. The Labute approximate surface area is 120 Å². The van der Waals surface area contributed by atoms with Crippen LogP contribution >= 0.6 is 7.37 Å². The van der Waals surface area contributed by atoms with Crippen molar-refractivity contribution in [3.63, 3.8) is 0 Å². The zero-order valence-corrected chi connectivity index (χ0v) is 13.6. The smallest absolute Gasteiger partial charge is 0.312 e. The van der Waals surface area contributed by atoms with E-state index < -0.39 is 13.0 Å². The van der Waals surface area contributed by atoms with Gasteiger partial charge in [-0.1, -0.05) is 0 Å². The van der Waals surface area contributed by atoms with Crippen LogP contribution in [0.3, 0.4) is 0 Å². The van der Waals surface area contributed by atoms with Gasteiger partial charge in [-0.3, -0.25) is 14.3 Å². The molecular formula is C14H22NO4P. The van der Waals surface area contributed by atoms with Gasteiger partial charge in [0.25, 0.3) is 0 Å². The molecular weight excluding hydrogens is 277 g/mol. The van der Waals surface area contributed by atoms with Crippen LogP contribution in [-0.4, -0.2) is 29.8 Å². The summed E-state index contributed by atoms with van der Waals surface area (Å²) >= 11 is 0. The molecule has 0 fully saturated rings. The molecule has 1 atom stereocenters. The molecule has 1 aromatic heterocycles. The molecule has 1 rings (SSSR count). The Bertz CT molecular complexity index is 505. The first-order valence-electron chi connectivity index (χ1n) is 6.53. The van der Waals surface area contributed by atoms with E-state index in [9.17, 15) is 9.36 Å². The lowest BCUT2D eigenvalue weighted by atomic mass is 10.2. The average Bonchev–Trinajstić information content (AvgIpc) is 2.26. The molecule has 0 aliphatic rings. The first-order chi connectivity index (χ1) is 9.14. The zero-order chi connectivity index (χ0) is 15.4. The van der Waals surface area contributed by atoms with E-state index in [-0.39, 0.29) is 12.4 Å². The molecule has 0 aromatic carbocycles. The van der Waals surface area contributed by atoms with E-state index >= 15 is 0 Å². The Morgan fingerprint density at radius 1 is 1.35 bits per heavy atom. The van der Waals surface area contributed by atoms with Crippen LogP contribution in [0.15, 0.2) is 18.3 Å². The maximum atomic E-state index is 12.2. The lowest BCUT2D eigenvalue weighted by Crippen LogP contribution is -2.25. The molecule has 6 heteroatoms. The van der Waals surface area contributed by atoms with Gasteiger partial charge in [0.1, 0.15) is 5.60 Å². The molecule has 5 nitrogen and oxygen atoms in total. The van der Waals surface area contributed by atoms with Crippen molar-refractivity contribution < 1.29 is 18.6 Å². The van der Waals surface area contributed by atoms with Gasteiger partial charge in [-0.05, 0) is 39.8 Å². The van der Waals surface area contributed by atoms with E-state index in [4.69, 9.17) is 9.26 Å². The predicted octanol–water partition coefficient (Wildman–Crippen LogP) is 2.54. The zero-order valence-electron chi connectivity index (χ0n) is 12.7.